The average molecular weight is 401 g/mol. The lowest BCUT2D eigenvalue weighted by Gasteiger charge is -2.19. The minimum atomic E-state index is 0.791. The maximum atomic E-state index is 5.75. The molecule has 0 amide bonds. The first kappa shape index (κ1) is 22.2. The summed E-state index contributed by atoms with van der Waals surface area (Å²) in [5.41, 5.74) is 4.84. The van der Waals surface area contributed by atoms with Gasteiger partial charge in [-0.3, -0.25) is 0 Å². The maximum Gasteiger partial charge on any atom is 0.119 e. The van der Waals surface area contributed by atoms with Gasteiger partial charge in [-0.15, -0.1) is 0 Å². The molecule has 0 saturated heterocycles. The summed E-state index contributed by atoms with van der Waals surface area (Å²) in [6, 6.07) is 17.0. The zero-order valence-corrected chi connectivity index (χ0v) is 18.8. The van der Waals surface area contributed by atoms with Crippen molar-refractivity contribution in [3.05, 3.63) is 65.7 Å². The van der Waals surface area contributed by atoms with Gasteiger partial charge in [0.2, 0.25) is 0 Å². The van der Waals surface area contributed by atoms with Gasteiger partial charge in [0, 0.05) is 5.56 Å². The summed E-state index contributed by atoms with van der Waals surface area (Å²) in [6.45, 7) is 5.25. The quantitative estimate of drug-likeness (QED) is 0.304. The van der Waals surface area contributed by atoms with E-state index in [0.717, 1.165) is 43.1 Å². The molecule has 1 nitrogen and oxygen atoms in total. The van der Waals surface area contributed by atoms with Crippen LogP contribution >= 0.6 is 0 Å². The molecule has 1 aliphatic rings. The highest BCUT2D eigenvalue weighted by Gasteiger charge is 2.12. The monoisotopic (exact) mass is 400 g/mol. The second-order valence-corrected chi connectivity index (χ2v) is 8.42. The Hall–Kier alpha value is -2.46. The van der Waals surface area contributed by atoms with Crippen LogP contribution < -0.4 is 4.74 Å². The molecule has 3 rings (SSSR count). The largest absolute Gasteiger partial charge is 0.494 e. The van der Waals surface area contributed by atoms with E-state index < -0.39 is 0 Å². The summed E-state index contributed by atoms with van der Waals surface area (Å²) in [5, 5.41) is 0. The molecule has 0 N–H and O–H groups in total. The number of rotatable bonds is 9. The predicted octanol–water partition coefficient (Wildman–Crippen LogP) is 8.19. The summed E-state index contributed by atoms with van der Waals surface area (Å²) in [4.78, 5) is 0. The molecule has 30 heavy (non-hydrogen) atoms. The normalized spacial score (nSPS) is 15.8. The third-order valence-corrected chi connectivity index (χ3v) is 5.94. The van der Waals surface area contributed by atoms with Crippen LogP contribution in [0.25, 0.3) is 11.1 Å². The lowest BCUT2D eigenvalue weighted by atomic mass is 9.86. The molecule has 2 aromatic rings. The van der Waals surface area contributed by atoms with E-state index in [1.54, 1.807) is 0 Å². The highest BCUT2D eigenvalue weighted by molar-refractivity contribution is 5.65. The van der Waals surface area contributed by atoms with Crippen molar-refractivity contribution < 1.29 is 4.74 Å². The van der Waals surface area contributed by atoms with Gasteiger partial charge in [0.1, 0.15) is 5.75 Å². The molecule has 158 valence electrons. The summed E-state index contributed by atoms with van der Waals surface area (Å²) >= 11 is 0. The van der Waals surface area contributed by atoms with Crippen LogP contribution in [0.15, 0.2) is 60.2 Å². The lowest BCUT2D eigenvalue weighted by Crippen LogP contribution is -2.05. The van der Waals surface area contributed by atoms with E-state index in [0.29, 0.717) is 0 Å². The molecule has 1 heteroatoms. The Balaban J connectivity index is 1.53. The average Bonchev–Trinajstić information content (AvgIpc) is 2.80. The fourth-order valence-electron chi connectivity index (χ4n) is 3.92. The third kappa shape index (κ3) is 7.10. The molecule has 0 radical (unpaired) electrons. The second-order valence-electron chi connectivity index (χ2n) is 8.42. The molecule has 0 fully saturated rings. The zero-order chi connectivity index (χ0) is 21.0. The van der Waals surface area contributed by atoms with Gasteiger partial charge in [-0.1, -0.05) is 88.1 Å². The van der Waals surface area contributed by atoms with Crippen molar-refractivity contribution in [2.45, 2.75) is 71.6 Å². The first-order valence-electron chi connectivity index (χ1n) is 11.8. The Labute approximate surface area is 183 Å². The first-order chi connectivity index (χ1) is 14.8. The van der Waals surface area contributed by atoms with Crippen LogP contribution in [0.3, 0.4) is 0 Å². The summed E-state index contributed by atoms with van der Waals surface area (Å²) < 4.78 is 5.75. The van der Waals surface area contributed by atoms with Crippen molar-refractivity contribution in [3.8, 4) is 28.7 Å². The van der Waals surface area contributed by atoms with E-state index in [9.17, 15) is 0 Å². The predicted molar refractivity (Wildman–Crippen MR) is 129 cm³/mol. The van der Waals surface area contributed by atoms with E-state index in [1.165, 1.54) is 55.2 Å². The second kappa shape index (κ2) is 12.3. The van der Waals surface area contributed by atoms with E-state index >= 15 is 0 Å². The van der Waals surface area contributed by atoms with Crippen LogP contribution in [0.5, 0.6) is 5.75 Å². The van der Waals surface area contributed by atoms with Gasteiger partial charge in [-0.25, -0.2) is 0 Å². The van der Waals surface area contributed by atoms with E-state index in [4.69, 9.17) is 4.74 Å². The number of ether oxygens (including phenoxy) is 1. The minimum absolute atomic E-state index is 0.791. The number of unbranched alkanes of at least 4 members (excludes halogenated alkanes) is 3. The van der Waals surface area contributed by atoms with E-state index in [2.05, 4.69) is 80.3 Å². The van der Waals surface area contributed by atoms with E-state index in [1.807, 2.05) is 0 Å². The molecule has 0 aliphatic heterocycles. The Morgan fingerprint density at radius 2 is 1.53 bits per heavy atom. The van der Waals surface area contributed by atoms with Gasteiger partial charge in [-0.2, -0.15) is 0 Å². The molecule has 0 aromatic heterocycles. The Morgan fingerprint density at radius 3 is 2.17 bits per heavy atom. The standard InChI is InChI=1S/C29H36O/c1-3-5-7-8-24-9-11-25(12-10-24)13-14-26-15-17-27(18-16-26)28-19-21-29(22-20-28)30-23-6-4-2/h11,15-22,24H,3-10,12,23H2,1-2H3. The first-order valence-corrected chi connectivity index (χ1v) is 11.8. The van der Waals surface area contributed by atoms with Gasteiger partial charge in [0.15, 0.2) is 0 Å². The summed E-state index contributed by atoms with van der Waals surface area (Å²) in [5.74, 6) is 8.60. The zero-order valence-electron chi connectivity index (χ0n) is 18.8. The molecule has 0 heterocycles. The molecule has 0 bridgehead atoms. The number of allylic oxidation sites excluding steroid dienone is 2. The Morgan fingerprint density at radius 1 is 0.833 bits per heavy atom. The molecule has 1 unspecified atom stereocenters. The van der Waals surface area contributed by atoms with Crippen LogP contribution in [0.4, 0.5) is 0 Å². The molecule has 1 aliphatic carbocycles. The number of benzene rings is 2. The topological polar surface area (TPSA) is 9.23 Å². The molecule has 1 atom stereocenters. The van der Waals surface area contributed by atoms with E-state index in [-0.39, 0.29) is 0 Å². The van der Waals surface area contributed by atoms with Gasteiger partial charge in [0.25, 0.3) is 0 Å². The van der Waals surface area contributed by atoms with Crippen molar-refractivity contribution in [1.29, 1.82) is 0 Å². The van der Waals surface area contributed by atoms with Gasteiger partial charge >= 0.3 is 0 Å². The third-order valence-electron chi connectivity index (χ3n) is 5.94. The molecule has 2 aromatic carbocycles. The van der Waals surface area contributed by atoms with Crippen molar-refractivity contribution in [2.24, 2.45) is 5.92 Å². The highest BCUT2D eigenvalue weighted by atomic mass is 16.5. The van der Waals surface area contributed by atoms with Gasteiger partial charge < -0.3 is 4.74 Å². The smallest absolute Gasteiger partial charge is 0.119 e. The fraction of sp³-hybridized carbons (Fsp3) is 0.448. The van der Waals surface area contributed by atoms with Crippen LogP contribution in [-0.2, 0) is 0 Å². The van der Waals surface area contributed by atoms with Crippen molar-refractivity contribution in [1.82, 2.24) is 0 Å². The van der Waals surface area contributed by atoms with Crippen molar-refractivity contribution >= 4 is 0 Å². The number of hydrogen-bond acceptors (Lipinski definition) is 1. The molecular weight excluding hydrogens is 364 g/mol. The Bertz CT molecular complexity index is 846. The maximum absolute atomic E-state index is 5.75. The van der Waals surface area contributed by atoms with Crippen LogP contribution in [0, 0.1) is 17.8 Å². The van der Waals surface area contributed by atoms with Crippen molar-refractivity contribution in [3.63, 3.8) is 0 Å². The molecule has 0 saturated carbocycles. The SMILES string of the molecule is CCCCCC1CC=C(C#Cc2ccc(-c3ccc(OCCCC)cc3)cc2)CC1. The fourth-order valence-corrected chi connectivity index (χ4v) is 3.92. The lowest BCUT2D eigenvalue weighted by molar-refractivity contribution is 0.309. The molecular formula is C29H36O. The highest BCUT2D eigenvalue weighted by Crippen LogP contribution is 2.27. The number of hydrogen-bond donors (Lipinski definition) is 0. The van der Waals surface area contributed by atoms with Gasteiger partial charge in [0.05, 0.1) is 6.61 Å². The van der Waals surface area contributed by atoms with Crippen LogP contribution in [0.2, 0.25) is 0 Å². The van der Waals surface area contributed by atoms with Crippen LogP contribution in [0.1, 0.15) is 77.2 Å². The summed E-state index contributed by atoms with van der Waals surface area (Å²) in [6.07, 6.45) is 13.8. The summed E-state index contributed by atoms with van der Waals surface area (Å²) in [7, 11) is 0. The molecule has 0 spiro atoms. The van der Waals surface area contributed by atoms with Crippen LogP contribution in [-0.4, -0.2) is 6.61 Å². The Kier molecular flexibility index (Phi) is 9.10. The van der Waals surface area contributed by atoms with Gasteiger partial charge in [-0.05, 0) is 72.6 Å². The van der Waals surface area contributed by atoms with Crippen molar-refractivity contribution in [2.75, 3.05) is 6.61 Å². The minimum Gasteiger partial charge on any atom is -0.494 e.